The minimum absolute atomic E-state index is 0.366. The zero-order valence-electron chi connectivity index (χ0n) is 12.9. The molecule has 1 aliphatic carbocycles. The van der Waals surface area contributed by atoms with E-state index in [-0.39, 0.29) is 0 Å². The van der Waals surface area contributed by atoms with Crippen LogP contribution in [-0.2, 0) is 4.74 Å². The second-order valence-electron chi connectivity index (χ2n) is 6.53. The molecule has 1 saturated carbocycles. The summed E-state index contributed by atoms with van der Waals surface area (Å²) < 4.78 is 5.83. The molecule has 1 aliphatic heterocycles. The molecule has 0 aromatic rings. The lowest BCUT2D eigenvalue weighted by Crippen LogP contribution is -2.49. The monoisotopic (exact) mass is 268 g/mol. The van der Waals surface area contributed by atoms with Gasteiger partial charge >= 0.3 is 0 Å². The van der Waals surface area contributed by atoms with E-state index in [0.29, 0.717) is 5.41 Å². The van der Waals surface area contributed by atoms with Crippen LogP contribution in [0.2, 0.25) is 0 Å². The van der Waals surface area contributed by atoms with E-state index in [1.165, 1.54) is 51.6 Å². The highest BCUT2D eigenvalue weighted by Crippen LogP contribution is 2.34. The molecule has 0 spiro atoms. The van der Waals surface area contributed by atoms with E-state index in [2.05, 4.69) is 24.1 Å². The van der Waals surface area contributed by atoms with Crippen LogP contribution in [0.4, 0.5) is 0 Å². The van der Waals surface area contributed by atoms with Crippen LogP contribution in [0.5, 0.6) is 0 Å². The van der Waals surface area contributed by atoms with Gasteiger partial charge in [-0.25, -0.2) is 0 Å². The first-order valence-electron chi connectivity index (χ1n) is 8.32. The second kappa shape index (κ2) is 7.61. The molecule has 0 aromatic carbocycles. The maximum absolute atomic E-state index is 5.83. The highest BCUT2D eigenvalue weighted by Gasteiger charge is 2.38. The van der Waals surface area contributed by atoms with E-state index in [1.54, 1.807) is 0 Å². The van der Waals surface area contributed by atoms with Crippen LogP contribution in [0.25, 0.3) is 0 Å². The van der Waals surface area contributed by atoms with Crippen LogP contribution in [0.15, 0.2) is 0 Å². The van der Waals surface area contributed by atoms with Crippen molar-refractivity contribution in [3.63, 3.8) is 0 Å². The molecule has 3 heteroatoms. The molecule has 0 amide bonds. The maximum atomic E-state index is 5.83. The molecule has 0 radical (unpaired) electrons. The van der Waals surface area contributed by atoms with Gasteiger partial charge in [0.05, 0.1) is 6.61 Å². The van der Waals surface area contributed by atoms with Crippen LogP contribution in [0.1, 0.15) is 52.4 Å². The molecular formula is C16H32N2O. The van der Waals surface area contributed by atoms with Gasteiger partial charge in [0.1, 0.15) is 0 Å². The summed E-state index contributed by atoms with van der Waals surface area (Å²) in [5, 5.41) is 3.65. The van der Waals surface area contributed by atoms with Crippen molar-refractivity contribution in [1.82, 2.24) is 10.2 Å². The normalized spacial score (nSPS) is 27.9. The zero-order valence-corrected chi connectivity index (χ0v) is 12.9. The quantitative estimate of drug-likeness (QED) is 0.651. The fourth-order valence-corrected chi connectivity index (χ4v) is 3.31. The van der Waals surface area contributed by atoms with Crippen LogP contribution in [-0.4, -0.2) is 50.3 Å². The molecule has 0 aromatic heterocycles. The average molecular weight is 268 g/mol. The fraction of sp³-hybridized carbons (Fsp3) is 1.00. The molecule has 112 valence electrons. The van der Waals surface area contributed by atoms with Gasteiger partial charge in [-0.15, -0.1) is 0 Å². The Hall–Kier alpha value is -0.120. The minimum Gasteiger partial charge on any atom is -0.381 e. The first-order chi connectivity index (χ1) is 9.29. The van der Waals surface area contributed by atoms with Gasteiger partial charge in [-0.05, 0) is 51.6 Å². The summed E-state index contributed by atoms with van der Waals surface area (Å²) >= 11 is 0. The Morgan fingerprint density at radius 3 is 2.68 bits per heavy atom. The van der Waals surface area contributed by atoms with Gasteiger partial charge in [0.15, 0.2) is 0 Å². The Labute approximate surface area is 119 Å². The third-order valence-electron chi connectivity index (χ3n) is 4.44. The summed E-state index contributed by atoms with van der Waals surface area (Å²) in [5.41, 5.74) is 0.366. The van der Waals surface area contributed by atoms with E-state index < -0.39 is 0 Å². The standard InChI is InChI=1S/C16H32N2O/c1-3-9-17-12-16(8-5-11-19-14-16)13-18(10-4-2)15-6-7-15/h15,17H,3-14H2,1-2H3. The minimum atomic E-state index is 0.366. The Morgan fingerprint density at radius 2 is 2.11 bits per heavy atom. The molecule has 3 nitrogen and oxygen atoms in total. The van der Waals surface area contributed by atoms with Crippen molar-refractivity contribution in [3.05, 3.63) is 0 Å². The Morgan fingerprint density at radius 1 is 1.26 bits per heavy atom. The molecule has 1 N–H and O–H groups in total. The first-order valence-corrected chi connectivity index (χ1v) is 8.32. The SMILES string of the molecule is CCCNCC1(CN(CCC)C2CC2)CCCOC1. The highest BCUT2D eigenvalue weighted by molar-refractivity contribution is 4.92. The van der Waals surface area contributed by atoms with Crippen LogP contribution in [0, 0.1) is 5.41 Å². The molecule has 2 aliphatic rings. The molecule has 1 saturated heterocycles. The number of nitrogens with one attached hydrogen (secondary N) is 1. The molecule has 2 fully saturated rings. The topological polar surface area (TPSA) is 24.5 Å². The van der Waals surface area contributed by atoms with Crippen molar-refractivity contribution in [2.24, 2.45) is 5.41 Å². The lowest BCUT2D eigenvalue weighted by atomic mass is 9.81. The van der Waals surface area contributed by atoms with Crippen molar-refractivity contribution < 1.29 is 4.74 Å². The van der Waals surface area contributed by atoms with Crippen LogP contribution < -0.4 is 5.32 Å². The van der Waals surface area contributed by atoms with E-state index in [0.717, 1.165) is 32.3 Å². The van der Waals surface area contributed by atoms with Gasteiger partial charge in [-0.2, -0.15) is 0 Å². The van der Waals surface area contributed by atoms with Gasteiger partial charge in [-0.1, -0.05) is 13.8 Å². The number of hydrogen-bond donors (Lipinski definition) is 1. The Bertz CT molecular complexity index is 247. The molecule has 0 bridgehead atoms. The predicted molar refractivity (Wildman–Crippen MR) is 80.5 cm³/mol. The van der Waals surface area contributed by atoms with Gasteiger partial charge in [0.25, 0.3) is 0 Å². The van der Waals surface area contributed by atoms with Gasteiger partial charge in [0, 0.05) is 31.2 Å². The smallest absolute Gasteiger partial charge is 0.0546 e. The first kappa shape index (κ1) is 15.3. The summed E-state index contributed by atoms with van der Waals surface area (Å²) in [4.78, 5) is 2.74. The number of nitrogens with zero attached hydrogens (tertiary/aromatic N) is 1. The molecule has 19 heavy (non-hydrogen) atoms. The molecule has 2 rings (SSSR count). The number of hydrogen-bond acceptors (Lipinski definition) is 3. The zero-order chi connectivity index (χ0) is 13.6. The summed E-state index contributed by atoms with van der Waals surface area (Å²) in [6.45, 7) is 11.2. The third kappa shape index (κ3) is 4.73. The molecule has 1 heterocycles. The van der Waals surface area contributed by atoms with Crippen molar-refractivity contribution in [2.75, 3.05) is 39.4 Å². The van der Waals surface area contributed by atoms with Crippen molar-refractivity contribution in [2.45, 2.75) is 58.4 Å². The predicted octanol–water partition coefficient (Wildman–Crippen LogP) is 2.66. The average Bonchev–Trinajstić information content (AvgIpc) is 3.24. The fourth-order valence-electron chi connectivity index (χ4n) is 3.31. The van der Waals surface area contributed by atoms with Crippen molar-refractivity contribution in [1.29, 1.82) is 0 Å². The Balaban J connectivity index is 1.90. The van der Waals surface area contributed by atoms with Gasteiger partial charge in [-0.3, -0.25) is 4.90 Å². The van der Waals surface area contributed by atoms with Crippen molar-refractivity contribution >= 4 is 0 Å². The largest absolute Gasteiger partial charge is 0.381 e. The van der Waals surface area contributed by atoms with E-state index >= 15 is 0 Å². The summed E-state index contributed by atoms with van der Waals surface area (Å²) in [5.74, 6) is 0. The van der Waals surface area contributed by atoms with E-state index in [9.17, 15) is 0 Å². The molecular weight excluding hydrogens is 236 g/mol. The second-order valence-corrected chi connectivity index (χ2v) is 6.53. The van der Waals surface area contributed by atoms with Gasteiger partial charge in [0.2, 0.25) is 0 Å². The summed E-state index contributed by atoms with van der Waals surface area (Å²) in [6, 6.07) is 0.880. The summed E-state index contributed by atoms with van der Waals surface area (Å²) in [7, 11) is 0. The number of ether oxygens (including phenoxy) is 1. The third-order valence-corrected chi connectivity index (χ3v) is 4.44. The lowest BCUT2D eigenvalue weighted by Gasteiger charge is -2.41. The lowest BCUT2D eigenvalue weighted by molar-refractivity contribution is -0.0275. The van der Waals surface area contributed by atoms with Crippen molar-refractivity contribution in [3.8, 4) is 0 Å². The summed E-state index contributed by atoms with van der Waals surface area (Å²) in [6.07, 6.45) is 7.89. The number of rotatable bonds is 9. The molecule has 1 unspecified atom stereocenters. The Kier molecular flexibility index (Phi) is 6.11. The van der Waals surface area contributed by atoms with E-state index in [1.807, 2.05) is 0 Å². The highest BCUT2D eigenvalue weighted by atomic mass is 16.5. The van der Waals surface area contributed by atoms with Crippen LogP contribution >= 0.6 is 0 Å². The molecule has 1 atom stereocenters. The van der Waals surface area contributed by atoms with E-state index in [4.69, 9.17) is 4.74 Å². The van der Waals surface area contributed by atoms with Gasteiger partial charge < -0.3 is 10.1 Å². The van der Waals surface area contributed by atoms with Crippen LogP contribution in [0.3, 0.4) is 0 Å². The maximum Gasteiger partial charge on any atom is 0.0546 e.